The molecule has 1 aromatic carbocycles. The van der Waals surface area contributed by atoms with Gasteiger partial charge in [0.25, 0.3) is 5.56 Å². The number of benzene rings is 1. The Hall–Kier alpha value is -2.65. The van der Waals surface area contributed by atoms with E-state index in [2.05, 4.69) is 11.9 Å². The van der Waals surface area contributed by atoms with E-state index in [1.807, 2.05) is 0 Å². The van der Waals surface area contributed by atoms with Crippen molar-refractivity contribution < 1.29 is 22.5 Å². The van der Waals surface area contributed by atoms with Crippen LogP contribution in [0.4, 0.5) is 24.9 Å². The normalized spacial score (nSPS) is 16.4. The van der Waals surface area contributed by atoms with Gasteiger partial charge in [-0.25, -0.2) is 0 Å². The number of nitro benzene ring substituents is 1. The summed E-state index contributed by atoms with van der Waals surface area (Å²) in [5, 5.41) is 10.6. The topological polar surface area (TPSA) is 89.5 Å². The second kappa shape index (κ2) is 6.01. The molecule has 1 aliphatic rings. The van der Waals surface area contributed by atoms with Gasteiger partial charge in [0.1, 0.15) is 0 Å². The van der Waals surface area contributed by atoms with Crippen molar-refractivity contribution in [3.05, 3.63) is 38.2 Å². The highest BCUT2D eigenvalue weighted by molar-refractivity contribution is 5.86. The number of alkyl halides is 3. The fraction of sp³-hybridized carbons (Fsp3) is 0.467. The van der Waals surface area contributed by atoms with Gasteiger partial charge in [0.05, 0.1) is 15.9 Å². The third-order valence-corrected chi connectivity index (χ3v) is 4.27. The summed E-state index contributed by atoms with van der Waals surface area (Å²) in [7, 11) is 0. The predicted octanol–water partition coefficient (Wildman–Crippen LogP) is 3.35. The van der Waals surface area contributed by atoms with E-state index in [1.165, 1.54) is 0 Å². The Morgan fingerprint density at radius 2 is 1.96 bits per heavy atom. The summed E-state index contributed by atoms with van der Waals surface area (Å²) >= 11 is 0. The van der Waals surface area contributed by atoms with E-state index in [9.17, 15) is 28.1 Å². The van der Waals surface area contributed by atoms with E-state index in [0.717, 1.165) is 12.8 Å². The molecule has 0 bridgehead atoms. The maximum absolute atomic E-state index is 12.9. The number of nitrogens with zero attached hydrogens (tertiary/aromatic N) is 3. The maximum atomic E-state index is 12.9. The van der Waals surface area contributed by atoms with Crippen molar-refractivity contribution in [1.82, 2.24) is 4.98 Å². The van der Waals surface area contributed by atoms with E-state index in [0.29, 0.717) is 31.1 Å². The monoisotopic (exact) mass is 357 g/mol. The molecule has 1 saturated heterocycles. The minimum Gasteiger partial charge on any atom is -0.417 e. The highest BCUT2D eigenvalue weighted by Gasteiger charge is 2.35. The van der Waals surface area contributed by atoms with Crippen LogP contribution in [0.1, 0.15) is 25.3 Å². The molecule has 0 N–H and O–H groups in total. The zero-order chi connectivity index (χ0) is 18.4. The van der Waals surface area contributed by atoms with Crippen molar-refractivity contribution >= 4 is 22.7 Å². The lowest BCUT2D eigenvalue weighted by Crippen LogP contribution is -2.34. The predicted molar refractivity (Wildman–Crippen MR) is 82.5 cm³/mol. The first-order chi connectivity index (χ1) is 11.7. The van der Waals surface area contributed by atoms with Gasteiger partial charge in [-0.1, -0.05) is 6.92 Å². The number of hydrogen-bond donors (Lipinski definition) is 0. The number of anilines is 1. The SMILES string of the molecule is CC1CCN(c2nc(=O)c3cc(C(F)(F)F)cc([N+](=O)[O-])c3o2)CC1. The van der Waals surface area contributed by atoms with Crippen LogP contribution in [-0.4, -0.2) is 23.0 Å². The maximum Gasteiger partial charge on any atom is 0.416 e. The molecule has 0 atom stereocenters. The number of piperidine rings is 1. The van der Waals surface area contributed by atoms with Gasteiger partial charge in [-0.3, -0.25) is 14.9 Å². The molecule has 0 radical (unpaired) electrons. The van der Waals surface area contributed by atoms with Crippen LogP contribution in [0.25, 0.3) is 11.0 Å². The quantitative estimate of drug-likeness (QED) is 0.605. The molecule has 2 aromatic rings. The van der Waals surface area contributed by atoms with Crippen LogP contribution >= 0.6 is 0 Å². The molecular formula is C15H14F3N3O4. The Kier molecular flexibility index (Phi) is 4.13. The summed E-state index contributed by atoms with van der Waals surface area (Å²) in [5.41, 5.74) is -3.67. The Morgan fingerprint density at radius 3 is 2.52 bits per heavy atom. The standard InChI is InChI=1S/C15H14F3N3O4/c1-8-2-4-20(5-3-8)14-19-13(22)10-6-9(15(16,17)18)7-11(21(23)24)12(10)25-14/h6-8H,2-5H2,1H3. The van der Waals surface area contributed by atoms with Gasteiger partial charge in [0.15, 0.2) is 0 Å². The van der Waals surface area contributed by atoms with Crippen molar-refractivity contribution in [2.45, 2.75) is 25.9 Å². The second-order valence-electron chi connectivity index (χ2n) is 6.10. The van der Waals surface area contributed by atoms with E-state index in [-0.39, 0.29) is 6.01 Å². The molecule has 0 amide bonds. The largest absolute Gasteiger partial charge is 0.417 e. The van der Waals surface area contributed by atoms with Gasteiger partial charge in [-0.2, -0.15) is 18.2 Å². The summed E-state index contributed by atoms with van der Waals surface area (Å²) in [5.74, 6) is 0.493. The van der Waals surface area contributed by atoms with Gasteiger partial charge in [-0.15, -0.1) is 0 Å². The van der Waals surface area contributed by atoms with Gasteiger partial charge in [0.2, 0.25) is 5.58 Å². The lowest BCUT2D eigenvalue weighted by molar-refractivity contribution is -0.383. The summed E-state index contributed by atoms with van der Waals surface area (Å²) < 4.78 is 44.1. The van der Waals surface area contributed by atoms with E-state index >= 15 is 0 Å². The molecule has 0 unspecified atom stereocenters. The average Bonchev–Trinajstić information content (AvgIpc) is 2.53. The zero-order valence-electron chi connectivity index (χ0n) is 13.2. The van der Waals surface area contributed by atoms with Crippen molar-refractivity contribution in [3.8, 4) is 0 Å². The molecular weight excluding hydrogens is 343 g/mol. The molecule has 134 valence electrons. The van der Waals surface area contributed by atoms with E-state index in [1.54, 1.807) is 4.90 Å². The highest BCUT2D eigenvalue weighted by Crippen LogP contribution is 2.36. The zero-order valence-corrected chi connectivity index (χ0v) is 13.2. The van der Waals surface area contributed by atoms with E-state index in [4.69, 9.17) is 4.42 Å². The first-order valence-electron chi connectivity index (χ1n) is 7.62. The number of fused-ring (bicyclic) bond motifs is 1. The number of aromatic nitrogens is 1. The molecule has 25 heavy (non-hydrogen) atoms. The summed E-state index contributed by atoms with van der Waals surface area (Å²) in [6, 6.07) is 0.795. The summed E-state index contributed by atoms with van der Waals surface area (Å²) in [4.78, 5) is 27.7. The minimum atomic E-state index is -4.83. The van der Waals surface area contributed by atoms with Gasteiger partial charge < -0.3 is 9.32 Å². The van der Waals surface area contributed by atoms with Gasteiger partial charge >= 0.3 is 17.9 Å². The number of halogens is 3. The van der Waals surface area contributed by atoms with Crippen molar-refractivity contribution in [2.75, 3.05) is 18.0 Å². The molecule has 7 nitrogen and oxygen atoms in total. The third-order valence-electron chi connectivity index (χ3n) is 4.27. The van der Waals surface area contributed by atoms with Crippen LogP contribution < -0.4 is 10.5 Å². The average molecular weight is 357 g/mol. The molecule has 3 rings (SSSR count). The first kappa shape index (κ1) is 17.2. The van der Waals surface area contributed by atoms with E-state index < -0.39 is 38.9 Å². The molecule has 1 aromatic heterocycles. The van der Waals surface area contributed by atoms with Crippen molar-refractivity contribution in [3.63, 3.8) is 0 Å². The Labute approximate surface area is 139 Å². The third kappa shape index (κ3) is 3.28. The number of rotatable bonds is 2. The summed E-state index contributed by atoms with van der Waals surface area (Å²) in [6.45, 7) is 3.18. The number of non-ortho nitro benzene ring substituents is 1. The Morgan fingerprint density at radius 1 is 1.32 bits per heavy atom. The van der Waals surface area contributed by atoms with Crippen LogP contribution in [0.3, 0.4) is 0 Å². The molecule has 0 spiro atoms. The molecule has 0 saturated carbocycles. The summed E-state index contributed by atoms with van der Waals surface area (Å²) in [6.07, 6.45) is -3.16. The van der Waals surface area contributed by atoms with Crippen LogP contribution in [0.15, 0.2) is 21.3 Å². The molecule has 1 fully saturated rings. The van der Waals surface area contributed by atoms with Crippen LogP contribution in [0.5, 0.6) is 0 Å². The molecule has 0 aliphatic carbocycles. The number of hydrogen-bond acceptors (Lipinski definition) is 6. The van der Waals surface area contributed by atoms with Crippen molar-refractivity contribution in [1.29, 1.82) is 0 Å². The van der Waals surface area contributed by atoms with Crippen LogP contribution in [0.2, 0.25) is 0 Å². The molecule has 2 heterocycles. The Balaban J connectivity index is 2.18. The highest BCUT2D eigenvalue weighted by atomic mass is 19.4. The fourth-order valence-electron chi connectivity index (χ4n) is 2.78. The fourth-order valence-corrected chi connectivity index (χ4v) is 2.78. The van der Waals surface area contributed by atoms with Crippen LogP contribution in [-0.2, 0) is 6.18 Å². The molecule has 10 heteroatoms. The van der Waals surface area contributed by atoms with Gasteiger partial charge in [-0.05, 0) is 24.8 Å². The smallest absolute Gasteiger partial charge is 0.416 e. The first-order valence-corrected chi connectivity index (χ1v) is 7.62. The second-order valence-corrected chi connectivity index (χ2v) is 6.10. The van der Waals surface area contributed by atoms with Gasteiger partial charge in [0, 0.05) is 19.2 Å². The number of nitro groups is 1. The Bertz CT molecular complexity index is 886. The molecule has 1 aliphatic heterocycles. The van der Waals surface area contributed by atoms with Crippen molar-refractivity contribution in [2.24, 2.45) is 5.92 Å². The lowest BCUT2D eigenvalue weighted by Gasteiger charge is -2.29. The minimum absolute atomic E-state index is 0.104. The van der Waals surface area contributed by atoms with Crippen LogP contribution in [0, 0.1) is 16.0 Å². The lowest BCUT2D eigenvalue weighted by atomic mass is 10.00.